The molecule has 4 nitrogen and oxygen atoms in total. The summed E-state index contributed by atoms with van der Waals surface area (Å²) in [5.41, 5.74) is 7.27. The van der Waals surface area contributed by atoms with Crippen molar-refractivity contribution < 1.29 is 4.79 Å². The van der Waals surface area contributed by atoms with E-state index in [1.807, 2.05) is 24.3 Å². The standard InChI is InChI=1S/C10H9N3O/c11-10(14)5-7-6-12-8-3-1-2-4-9(8)13-7/h1-4,6H,5H2,(H2,11,14). The van der Waals surface area contributed by atoms with Crippen LogP contribution in [0.15, 0.2) is 30.5 Å². The van der Waals surface area contributed by atoms with Crippen molar-refractivity contribution in [3.63, 3.8) is 0 Å². The first-order valence-electron chi connectivity index (χ1n) is 4.24. The van der Waals surface area contributed by atoms with Crippen LogP contribution in [0.5, 0.6) is 0 Å². The molecule has 0 aliphatic heterocycles. The maximum Gasteiger partial charge on any atom is 0.223 e. The summed E-state index contributed by atoms with van der Waals surface area (Å²) in [6, 6.07) is 7.50. The second-order valence-electron chi connectivity index (χ2n) is 2.99. The van der Waals surface area contributed by atoms with Crippen molar-refractivity contribution in [3.8, 4) is 0 Å². The highest BCUT2D eigenvalue weighted by Gasteiger charge is 2.01. The topological polar surface area (TPSA) is 68.9 Å². The molecule has 1 aromatic heterocycles. The quantitative estimate of drug-likeness (QED) is 0.750. The third-order valence-electron chi connectivity index (χ3n) is 1.85. The summed E-state index contributed by atoms with van der Waals surface area (Å²) in [6.45, 7) is 0. The highest BCUT2D eigenvalue weighted by molar-refractivity contribution is 5.78. The summed E-state index contributed by atoms with van der Waals surface area (Å²) in [5, 5.41) is 0. The maximum atomic E-state index is 10.7. The Morgan fingerprint density at radius 3 is 2.71 bits per heavy atom. The number of fused-ring (bicyclic) bond motifs is 1. The van der Waals surface area contributed by atoms with Crippen molar-refractivity contribution in [1.82, 2.24) is 9.97 Å². The number of primary amides is 1. The van der Waals surface area contributed by atoms with Crippen LogP contribution in [0.1, 0.15) is 5.69 Å². The van der Waals surface area contributed by atoms with Gasteiger partial charge in [0.25, 0.3) is 0 Å². The molecule has 0 bridgehead atoms. The molecule has 0 saturated heterocycles. The first-order chi connectivity index (χ1) is 6.75. The molecule has 1 amide bonds. The molecule has 0 radical (unpaired) electrons. The van der Waals surface area contributed by atoms with Gasteiger partial charge < -0.3 is 5.73 Å². The molecule has 2 N–H and O–H groups in total. The first kappa shape index (κ1) is 8.62. The van der Waals surface area contributed by atoms with Crippen molar-refractivity contribution in [2.75, 3.05) is 0 Å². The molecule has 70 valence electrons. The fourth-order valence-electron chi connectivity index (χ4n) is 1.26. The molecule has 0 spiro atoms. The molecule has 0 aliphatic rings. The van der Waals surface area contributed by atoms with Crippen LogP contribution >= 0.6 is 0 Å². The average Bonchev–Trinajstić information content (AvgIpc) is 2.17. The van der Waals surface area contributed by atoms with Crippen LogP contribution in [0.4, 0.5) is 0 Å². The normalized spacial score (nSPS) is 10.3. The Bertz CT molecular complexity index is 482. The fourth-order valence-corrected chi connectivity index (χ4v) is 1.26. The number of nitrogens with zero attached hydrogens (tertiary/aromatic N) is 2. The summed E-state index contributed by atoms with van der Waals surface area (Å²) >= 11 is 0. The second kappa shape index (κ2) is 3.41. The van der Waals surface area contributed by atoms with E-state index in [4.69, 9.17) is 5.73 Å². The third kappa shape index (κ3) is 1.69. The largest absolute Gasteiger partial charge is 0.369 e. The Labute approximate surface area is 80.8 Å². The molecule has 0 fully saturated rings. The molecule has 2 rings (SSSR count). The van der Waals surface area contributed by atoms with E-state index >= 15 is 0 Å². The predicted molar refractivity (Wildman–Crippen MR) is 52.4 cm³/mol. The molecule has 0 saturated carbocycles. The predicted octanol–water partition coefficient (Wildman–Crippen LogP) is 0.658. The van der Waals surface area contributed by atoms with Gasteiger partial charge in [0.1, 0.15) is 0 Å². The molecule has 1 heterocycles. The highest BCUT2D eigenvalue weighted by atomic mass is 16.1. The van der Waals surface area contributed by atoms with Crippen LogP contribution in [0.2, 0.25) is 0 Å². The van der Waals surface area contributed by atoms with E-state index < -0.39 is 5.91 Å². The molecule has 0 unspecified atom stereocenters. The van der Waals surface area contributed by atoms with Crippen molar-refractivity contribution in [2.45, 2.75) is 6.42 Å². The van der Waals surface area contributed by atoms with Gasteiger partial charge in [-0.2, -0.15) is 0 Å². The lowest BCUT2D eigenvalue weighted by atomic mass is 10.2. The Balaban J connectivity index is 2.46. The summed E-state index contributed by atoms with van der Waals surface area (Å²) in [4.78, 5) is 19.1. The number of carbonyl (C=O) groups excluding carboxylic acids is 1. The Kier molecular flexibility index (Phi) is 2.10. The summed E-state index contributed by atoms with van der Waals surface area (Å²) in [5.74, 6) is -0.394. The van der Waals surface area contributed by atoms with Gasteiger partial charge in [0.2, 0.25) is 5.91 Å². The highest BCUT2D eigenvalue weighted by Crippen LogP contribution is 2.08. The van der Waals surface area contributed by atoms with Crippen LogP contribution < -0.4 is 5.73 Å². The molecule has 0 aliphatic carbocycles. The van der Waals surface area contributed by atoms with Gasteiger partial charge in [-0.15, -0.1) is 0 Å². The molecule has 4 heteroatoms. The number of carbonyl (C=O) groups is 1. The number of hydrogen-bond donors (Lipinski definition) is 1. The van der Waals surface area contributed by atoms with Gasteiger partial charge in [0, 0.05) is 6.20 Å². The van der Waals surface area contributed by atoms with Gasteiger partial charge in [-0.25, -0.2) is 4.98 Å². The Morgan fingerprint density at radius 2 is 2.00 bits per heavy atom. The van der Waals surface area contributed by atoms with E-state index in [1.54, 1.807) is 6.20 Å². The molecule has 14 heavy (non-hydrogen) atoms. The van der Waals surface area contributed by atoms with Crippen molar-refractivity contribution in [2.24, 2.45) is 5.73 Å². The molecule has 2 aromatic rings. The fraction of sp³-hybridized carbons (Fsp3) is 0.100. The smallest absolute Gasteiger partial charge is 0.223 e. The van der Waals surface area contributed by atoms with E-state index in [-0.39, 0.29) is 6.42 Å². The van der Waals surface area contributed by atoms with Crippen molar-refractivity contribution in [1.29, 1.82) is 0 Å². The maximum absolute atomic E-state index is 10.7. The third-order valence-corrected chi connectivity index (χ3v) is 1.85. The lowest BCUT2D eigenvalue weighted by molar-refractivity contribution is -0.117. The van der Waals surface area contributed by atoms with Crippen LogP contribution in [-0.2, 0) is 11.2 Å². The van der Waals surface area contributed by atoms with Gasteiger partial charge in [0.15, 0.2) is 0 Å². The number of benzene rings is 1. The lowest BCUT2D eigenvalue weighted by Crippen LogP contribution is -2.14. The van der Waals surface area contributed by atoms with Crippen molar-refractivity contribution in [3.05, 3.63) is 36.2 Å². The van der Waals surface area contributed by atoms with Crippen LogP contribution in [0.3, 0.4) is 0 Å². The van der Waals surface area contributed by atoms with Crippen molar-refractivity contribution >= 4 is 16.9 Å². The van der Waals surface area contributed by atoms with Gasteiger partial charge in [0.05, 0.1) is 23.1 Å². The molecule has 1 aromatic carbocycles. The first-order valence-corrected chi connectivity index (χ1v) is 4.24. The number of amides is 1. The zero-order valence-corrected chi connectivity index (χ0v) is 7.47. The van der Waals surface area contributed by atoms with Gasteiger partial charge in [-0.3, -0.25) is 9.78 Å². The van der Waals surface area contributed by atoms with E-state index in [0.29, 0.717) is 5.69 Å². The van der Waals surface area contributed by atoms with E-state index in [1.165, 1.54) is 0 Å². The minimum absolute atomic E-state index is 0.137. The SMILES string of the molecule is NC(=O)Cc1cnc2ccccc2n1. The zero-order chi connectivity index (χ0) is 9.97. The number of rotatable bonds is 2. The van der Waals surface area contributed by atoms with Crippen LogP contribution in [0, 0.1) is 0 Å². The molecular weight excluding hydrogens is 178 g/mol. The minimum Gasteiger partial charge on any atom is -0.369 e. The minimum atomic E-state index is -0.394. The van der Waals surface area contributed by atoms with Crippen LogP contribution in [0.25, 0.3) is 11.0 Å². The number of hydrogen-bond acceptors (Lipinski definition) is 3. The van der Waals surface area contributed by atoms with E-state index in [2.05, 4.69) is 9.97 Å². The molecule has 0 atom stereocenters. The number of para-hydroxylation sites is 2. The van der Waals surface area contributed by atoms with E-state index in [0.717, 1.165) is 11.0 Å². The summed E-state index contributed by atoms with van der Waals surface area (Å²) < 4.78 is 0. The number of nitrogens with two attached hydrogens (primary N) is 1. The van der Waals surface area contributed by atoms with Gasteiger partial charge >= 0.3 is 0 Å². The van der Waals surface area contributed by atoms with Gasteiger partial charge in [-0.1, -0.05) is 12.1 Å². The summed E-state index contributed by atoms with van der Waals surface area (Å²) in [7, 11) is 0. The monoisotopic (exact) mass is 187 g/mol. The zero-order valence-electron chi connectivity index (χ0n) is 7.47. The summed E-state index contributed by atoms with van der Waals surface area (Å²) in [6.07, 6.45) is 1.71. The molecular formula is C10H9N3O. The van der Waals surface area contributed by atoms with Crippen LogP contribution in [-0.4, -0.2) is 15.9 Å². The van der Waals surface area contributed by atoms with Gasteiger partial charge in [-0.05, 0) is 12.1 Å². The lowest BCUT2D eigenvalue weighted by Gasteiger charge is -1.99. The Morgan fingerprint density at radius 1 is 1.29 bits per heavy atom. The van der Waals surface area contributed by atoms with E-state index in [9.17, 15) is 4.79 Å². The second-order valence-corrected chi connectivity index (χ2v) is 2.99. The Hall–Kier alpha value is -1.97. The average molecular weight is 187 g/mol. The number of aromatic nitrogens is 2.